The van der Waals surface area contributed by atoms with Gasteiger partial charge in [0, 0.05) is 0 Å². The summed E-state index contributed by atoms with van der Waals surface area (Å²) >= 11 is 0. The third-order valence-corrected chi connectivity index (χ3v) is 7.61. The molecule has 0 amide bonds. The van der Waals surface area contributed by atoms with Crippen molar-refractivity contribution in [2.24, 2.45) is 17.8 Å². The predicted octanol–water partition coefficient (Wildman–Crippen LogP) is 8.52. The lowest BCUT2D eigenvalue weighted by Crippen LogP contribution is -2.23. The Bertz CT molecular complexity index is 591. The number of hydrogen-bond acceptors (Lipinski definition) is 1. The molecule has 0 radical (unpaired) electrons. The van der Waals surface area contributed by atoms with Crippen LogP contribution in [0.15, 0.2) is 35.9 Å². The summed E-state index contributed by atoms with van der Waals surface area (Å²) in [6.07, 6.45) is 21.6. The molecular weight excluding hydrogens is 352 g/mol. The summed E-state index contributed by atoms with van der Waals surface area (Å²) in [4.78, 5) is 0. The van der Waals surface area contributed by atoms with Crippen molar-refractivity contribution in [1.82, 2.24) is 0 Å². The van der Waals surface area contributed by atoms with Gasteiger partial charge in [-0.1, -0.05) is 76.2 Å². The van der Waals surface area contributed by atoms with Gasteiger partial charge >= 0.3 is 0 Å². The Morgan fingerprint density at radius 1 is 0.828 bits per heavy atom. The van der Waals surface area contributed by atoms with Gasteiger partial charge in [0.2, 0.25) is 0 Å². The zero-order valence-corrected chi connectivity index (χ0v) is 19.1. The lowest BCUT2D eigenvalue weighted by Gasteiger charge is -2.35. The zero-order valence-electron chi connectivity index (χ0n) is 19.1. The molecule has 1 nitrogen and oxygen atoms in total. The highest BCUT2D eigenvalue weighted by molar-refractivity contribution is 5.28. The normalized spacial score (nSPS) is 24.9. The van der Waals surface area contributed by atoms with Crippen LogP contribution in [0.1, 0.15) is 103 Å². The highest BCUT2D eigenvalue weighted by atomic mass is 16.5. The van der Waals surface area contributed by atoms with Gasteiger partial charge in [-0.3, -0.25) is 0 Å². The first-order valence-corrected chi connectivity index (χ1v) is 12.7. The first kappa shape index (κ1) is 22.4. The van der Waals surface area contributed by atoms with Crippen LogP contribution in [0.2, 0.25) is 0 Å². The SMILES string of the molecule is CCCCCCOc1ccc(CCC2=CCC(C3CCC(CC)CC3)CC2)cc1. The second kappa shape index (κ2) is 12.5. The number of aryl methyl sites for hydroxylation is 1. The van der Waals surface area contributed by atoms with E-state index in [1.165, 1.54) is 95.5 Å². The molecule has 1 fully saturated rings. The van der Waals surface area contributed by atoms with E-state index in [2.05, 4.69) is 44.2 Å². The average molecular weight is 397 g/mol. The van der Waals surface area contributed by atoms with Crippen LogP contribution in [-0.4, -0.2) is 6.61 Å². The maximum atomic E-state index is 5.87. The van der Waals surface area contributed by atoms with E-state index in [1.807, 2.05) is 0 Å². The standard InChI is InChI=1S/C28H44O/c1-3-5-6-7-22-29-28-20-14-25(15-21-28)9-8-24-12-18-27(19-13-24)26-16-10-23(4-2)11-17-26/h12,14-15,20-21,23,26-27H,3-11,13,16-19,22H2,1-2H3. The monoisotopic (exact) mass is 396 g/mol. The number of ether oxygens (including phenoxy) is 1. The Kier molecular flexibility index (Phi) is 9.64. The third kappa shape index (κ3) is 7.50. The van der Waals surface area contributed by atoms with Crippen LogP contribution in [0.25, 0.3) is 0 Å². The fourth-order valence-electron chi connectivity index (χ4n) is 5.41. The van der Waals surface area contributed by atoms with Crippen molar-refractivity contribution in [3.8, 4) is 5.75 Å². The lowest BCUT2D eigenvalue weighted by atomic mass is 9.71. The summed E-state index contributed by atoms with van der Waals surface area (Å²) in [6, 6.07) is 8.85. The Morgan fingerprint density at radius 3 is 2.28 bits per heavy atom. The molecular formula is C28H44O. The summed E-state index contributed by atoms with van der Waals surface area (Å²) in [5, 5.41) is 0. The summed E-state index contributed by atoms with van der Waals surface area (Å²) in [7, 11) is 0. The summed E-state index contributed by atoms with van der Waals surface area (Å²) in [6.45, 7) is 5.48. The van der Waals surface area contributed by atoms with E-state index in [0.29, 0.717) is 0 Å². The summed E-state index contributed by atoms with van der Waals surface area (Å²) < 4.78 is 5.87. The van der Waals surface area contributed by atoms with E-state index >= 15 is 0 Å². The van der Waals surface area contributed by atoms with Gasteiger partial charge in [-0.25, -0.2) is 0 Å². The molecule has 1 aromatic rings. The van der Waals surface area contributed by atoms with Crippen LogP contribution in [0.5, 0.6) is 5.75 Å². The minimum atomic E-state index is 0.855. The maximum Gasteiger partial charge on any atom is 0.119 e. The summed E-state index contributed by atoms with van der Waals surface area (Å²) in [5.41, 5.74) is 3.16. The van der Waals surface area contributed by atoms with Crippen molar-refractivity contribution in [3.63, 3.8) is 0 Å². The number of allylic oxidation sites excluding steroid dienone is 2. The minimum Gasteiger partial charge on any atom is -0.494 e. The molecule has 29 heavy (non-hydrogen) atoms. The van der Waals surface area contributed by atoms with Crippen LogP contribution < -0.4 is 4.74 Å². The van der Waals surface area contributed by atoms with Crippen molar-refractivity contribution in [2.75, 3.05) is 6.61 Å². The number of hydrogen-bond donors (Lipinski definition) is 0. The quantitative estimate of drug-likeness (QED) is 0.269. The number of rotatable bonds is 11. The molecule has 1 heteroatoms. The molecule has 0 aliphatic heterocycles. The van der Waals surface area contributed by atoms with Gasteiger partial charge < -0.3 is 4.74 Å². The van der Waals surface area contributed by atoms with Gasteiger partial charge in [0.15, 0.2) is 0 Å². The largest absolute Gasteiger partial charge is 0.494 e. The molecule has 1 unspecified atom stereocenters. The smallest absolute Gasteiger partial charge is 0.119 e. The molecule has 162 valence electrons. The molecule has 0 heterocycles. The van der Waals surface area contributed by atoms with Crippen LogP contribution >= 0.6 is 0 Å². The zero-order chi connectivity index (χ0) is 20.3. The van der Waals surface area contributed by atoms with E-state index < -0.39 is 0 Å². The van der Waals surface area contributed by atoms with Crippen molar-refractivity contribution in [1.29, 1.82) is 0 Å². The fraction of sp³-hybridized carbons (Fsp3) is 0.714. The Labute approximate surface area is 180 Å². The summed E-state index contributed by atoms with van der Waals surface area (Å²) in [5.74, 6) is 4.05. The van der Waals surface area contributed by atoms with Gasteiger partial charge in [-0.15, -0.1) is 0 Å². The molecule has 0 saturated heterocycles. The Balaban J connectivity index is 1.34. The molecule has 0 N–H and O–H groups in total. The molecule has 0 bridgehead atoms. The lowest BCUT2D eigenvalue weighted by molar-refractivity contribution is 0.189. The molecule has 0 aromatic heterocycles. The van der Waals surface area contributed by atoms with Crippen molar-refractivity contribution in [3.05, 3.63) is 41.5 Å². The van der Waals surface area contributed by atoms with Gasteiger partial charge in [-0.2, -0.15) is 0 Å². The predicted molar refractivity (Wildman–Crippen MR) is 126 cm³/mol. The molecule has 0 spiro atoms. The average Bonchev–Trinajstić information content (AvgIpc) is 2.79. The Hall–Kier alpha value is -1.24. The highest BCUT2D eigenvalue weighted by Crippen LogP contribution is 2.40. The molecule has 2 aliphatic rings. The topological polar surface area (TPSA) is 9.23 Å². The van der Waals surface area contributed by atoms with E-state index in [1.54, 1.807) is 5.57 Å². The van der Waals surface area contributed by atoms with Gasteiger partial charge in [-0.05, 0) is 86.8 Å². The fourth-order valence-corrected chi connectivity index (χ4v) is 5.41. The van der Waals surface area contributed by atoms with Gasteiger partial charge in [0.05, 0.1) is 6.61 Å². The Morgan fingerprint density at radius 2 is 1.62 bits per heavy atom. The van der Waals surface area contributed by atoms with E-state index in [0.717, 1.165) is 30.1 Å². The second-order valence-electron chi connectivity index (χ2n) is 9.64. The van der Waals surface area contributed by atoms with Crippen molar-refractivity contribution < 1.29 is 4.74 Å². The third-order valence-electron chi connectivity index (χ3n) is 7.61. The van der Waals surface area contributed by atoms with Crippen LogP contribution in [0, 0.1) is 17.8 Å². The van der Waals surface area contributed by atoms with Crippen LogP contribution in [0.3, 0.4) is 0 Å². The number of unbranched alkanes of at least 4 members (excludes halogenated alkanes) is 3. The molecule has 1 saturated carbocycles. The second-order valence-corrected chi connectivity index (χ2v) is 9.64. The van der Waals surface area contributed by atoms with Gasteiger partial charge in [0.1, 0.15) is 5.75 Å². The minimum absolute atomic E-state index is 0.855. The van der Waals surface area contributed by atoms with E-state index in [4.69, 9.17) is 4.74 Å². The molecule has 1 atom stereocenters. The molecule has 3 rings (SSSR count). The van der Waals surface area contributed by atoms with E-state index in [-0.39, 0.29) is 0 Å². The first-order chi connectivity index (χ1) is 14.3. The molecule has 2 aliphatic carbocycles. The van der Waals surface area contributed by atoms with Crippen molar-refractivity contribution >= 4 is 0 Å². The van der Waals surface area contributed by atoms with Crippen LogP contribution in [0.4, 0.5) is 0 Å². The maximum absolute atomic E-state index is 5.87. The highest BCUT2D eigenvalue weighted by Gasteiger charge is 2.27. The van der Waals surface area contributed by atoms with Gasteiger partial charge in [0.25, 0.3) is 0 Å². The van der Waals surface area contributed by atoms with Crippen LogP contribution in [-0.2, 0) is 6.42 Å². The first-order valence-electron chi connectivity index (χ1n) is 12.7. The number of benzene rings is 1. The van der Waals surface area contributed by atoms with E-state index in [9.17, 15) is 0 Å². The molecule has 1 aromatic carbocycles. The van der Waals surface area contributed by atoms with Crippen molar-refractivity contribution in [2.45, 2.75) is 104 Å².